The quantitative estimate of drug-likeness (QED) is 0.286. The van der Waals surface area contributed by atoms with Gasteiger partial charge >= 0.3 is 0 Å². The van der Waals surface area contributed by atoms with Crippen LogP contribution in [0.5, 0.6) is 0 Å². The average molecular weight is 475 g/mol. The molecule has 1 aliphatic rings. The van der Waals surface area contributed by atoms with Gasteiger partial charge in [-0.15, -0.1) is 0 Å². The fraction of sp³-hybridized carbons (Fsp3) is 0.531. The lowest BCUT2D eigenvalue weighted by atomic mass is 9.71. The lowest BCUT2D eigenvalue weighted by Gasteiger charge is -2.32. The molecule has 2 aromatic carbocycles. The van der Waals surface area contributed by atoms with E-state index >= 15 is 0 Å². The summed E-state index contributed by atoms with van der Waals surface area (Å²) in [6.07, 6.45) is 8.23. The number of carbonyl (C=O) groups is 3. The van der Waals surface area contributed by atoms with E-state index in [9.17, 15) is 14.4 Å². The maximum Gasteiger partial charge on any atom is 0.163 e. The molecule has 0 amide bonds. The minimum absolute atomic E-state index is 0.0376. The van der Waals surface area contributed by atoms with Gasteiger partial charge in [-0.1, -0.05) is 69.2 Å². The molecule has 1 aliphatic carbocycles. The van der Waals surface area contributed by atoms with E-state index in [0.717, 1.165) is 62.5 Å². The van der Waals surface area contributed by atoms with Crippen molar-refractivity contribution < 1.29 is 14.4 Å². The Morgan fingerprint density at radius 2 is 1.74 bits per heavy atom. The molecule has 0 spiro atoms. The molecule has 0 N–H and O–H groups in total. The highest BCUT2D eigenvalue weighted by atomic mass is 16.1. The molecule has 3 atom stereocenters. The Labute approximate surface area is 211 Å². The summed E-state index contributed by atoms with van der Waals surface area (Å²) >= 11 is 0. The second-order valence-electron chi connectivity index (χ2n) is 10.6. The number of fused-ring (bicyclic) bond motifs is 1. The van der Waals surface area contributed by atoms with Crippen LogP contribution in [0.25, 0.3) is 0 Å². The highest BCUT2D eigenvalue weighted by Gasteiger charge is 2.33. The van der Waals surface area contributed by atoms with Gasteiger partial charge in [0.2, 0.25) is 0 Å². The van der Waals surface area contributed by atoms with Gasteiger partial charge in [0.05, 0.1) is 6.42 Å². The predicted octanol–water partition coefficient (Wildman–Crippen LogP) is 7.30. The Kier molecular flexibility index (Phi) is 10.0. The molecule has 0 aliphatic heterocycles. The molecule has 35 heavy (non-hydrogen) atoms. The molecular formula is C32H42O3. The van der Waals surface area contributed by atoms with Gasteiger partial charge in [-0.25, -0.2) is 0 Å². The Morgan fingerprint density at radius 1 is 1.00 bits per heavy atom. The Balaban J connectivity index is 1.77. The summed E-state index contributed by atoms with van der Waals surface area (Å²) < 4.78 is 0. The van der Waals surface area contributed by atoms with Crippen LogP contribution in [-0.2, 0) is 28.9 Å². The second kappa shape index (κ2) is 13.0. The molecule has 0 heterocycles. The van der Waals surface area contributed by atoms with Gasteiger partial charge in [0.25, 0.3) is 0 Å². The van der Waals surface area contributed by atoms with Crippen molar-refractivity contribution in [2.45, 2.75) is 91.9 Å². The Morgan fingerprint density at radius 3 is 2.40 bits per heavy atom. The van der Waals surface area contributed by atoms with Gasteiger partial charge in [-0.05, 0) is 86.5 Å². The van der Waals surface area contributed by atoms with Crippen LogP contribution < -0.4 is 0 Å². The van der Waals surface area contributed by atoms with E-state index in [-0.39, 0.29) is 41.5 Å². The maximum absolute atomic E-state index is 13.3. The van der Waals surface area contributed by atoms with Crippen LogP contribution in [-0.4, -0.2) is 17.3 Å². The van der Waals surface area contributed by atoms with Crippen molar-refractivity contribution in [3.8, 4) is 0 Å². The van der Waals surface area contributed by atoms with Crippen molar-refractivity contribution >= 4 is 17.3 Å². The molecule has 2 aromatic rings. The Bertz CT molecular complexity index is 1020. The van der Waals surface area contributed by atoms with Crippen LogP contribution in [0.4, 0.5) is 0 Å². The zero-order valence-corrected chi connectivity index (χ0v) is 22.1. The van der Waals surface area contributed by atoms with Gasteiger partial charge in [-0.2, -0.15) is 0 Å². The number of hydrogen-bond acceptors (Lipinski definition) is 3. The molecule has 3 heteroatoms. The zero-order chi connectivity index (χ0) is 25.4. The van der Waals surface area contributed by atoms with Gasteiger partial charge < -0.3 is 0 Å². The van der Waals surface area contributed by atoms with Crippen LogP contribution in [0.3, 0.4) is 0 Å². The largest absolute Gasteiger partial charge is 0.300 e. The fourth-order valence-electron chi connectivity index (χ4n) is 6.17. The lowest BCUT2D eigenvalue weighted by Crippen LogP contribution is -2.30. The summed E-state index contributed by atoms with van der Waals surface area (Å²) in [6, 6.07) is 14.9. The van der Waals surface area contributed by atoms with Crippen molar-refractivity contribution in [3.05, 3.63) is 70.3 Å². The summed E-state index contributed by atoms with van der Waals surface area (Å²) in [7, 11) is 0. The van der Waals surface area contributed by atoms with Crippen molar-refractivity contribution in [1.29, 1.82) is 0 Å². The van der Waals surface area contributed by atoms with Crippen molar-refractivity contribution in [2.75, 3.05) is 0 Å². The monoisotopic (exact) mass is 474 g/mol. The lowest BCUT2D eigenvalue weighted by molar-refractivity contribution is -0.129. The van der Waals surface area contributed by atoms with Gasteiger partial charge in [0.15, 0.2) is 5.78 Å². The molecular weight excluding hydrogens is 432 g/mol. The molecule has 0 aromatic heterocycles. The third kappa shape index (κ3) is 7.22. The van der Waals surface area contributed by atoms with Crippen LogP contribution >= 0.6 is 0 Å². The van der Waals surface area contributed by atoms with Crippen LogP contribution in [0.1, 0.15) is 98.3 Å². The van der Waals surface area contributed by atoms with E-state index in [1.807, 2.05) is 6.07 Å². The summed E-state index contributed by atoms with van der Waals surface area (Å²) in [5.41, 5.74) is 5.95. The average Bonchev–Trinajstić information content (AvgIpc) is 2.81. The summed E-state index contributed by atoms with van der Waals surface area (Å²) in [5, 5.41) is 0. The molecule has 3 nitrogen and oxygen atoms in total. The molecule has 3 unspecified atom stereocenters. The SMILES string of the molecule is CCCC(CC1CC(=O)c2c(C)ccc(CCCc3ccccc3)c2C1)C(CC)C(=O)CC(C)=O. The highest BCUT2D eigenvalue weighted by molar-refractivity contribution is 6.00. The van der Waals surface area contributed by atoms with Crippen LogP contribution in [0.2, 0.25) is 0 Å². The van der Waals surface area contributed by atoms with Gasteiger partial charge in [0, 0.05) is 17.9 Å². The smallest absolute Gasteiger partial charge is 0.163 e. The molecule has 0 saturated heterocycles. The molecule has 3 rings (SSSR count). The Hall–Kier alpha value is -2.55. The third-order valence-electron chi connectivity index (χ3n) is 7.76. The van der Waals surface area contributed by atoms with Crippen molar-refractivity contribution in [3.63, 3.8) is 0 Å². The standard InChI is InChI=1S/C32H42O3/c1-5-11-27(28(6-2)30(34)18-23(4)33)19-25-20-29-26(15-10-14-24-12-8-7-9-13-24)17-16-22(3)32(29)31(35)21-25/h7-9,12-13,16-17,25,27-28H,5-6,10-11,14-15,18-21H2,1-4H3. The number of ketones is 3. The van der Waals surface area contributed by atoms with Crippen molar-refractivity contribution in [2.24, 2.45) is 17.8 Å². The molecule has 0 bridgehead atoms. The first kappa shape index (κ1) is 27.0. The number of aryl methyl sites for hydroxylation is 3. The third-order valence-corrected chi connectivity index (χ3v) is 7.76. The number of benzene rings is 2. The van der Waals surface area contributed by atoms with Gasteiger partial charge in [0.1, 0.15) is 11.6 Å². The normalized spacial score (nSPS) is 17.0. The number of rotatable bonds is 13. The first-order valence-corrected chi connectivity index (χ1v) is 13.5. The molecule has 188 valence electrons. The second-order valence-corrected chi connectivity index (χ2v) is 10.6. The first-order chi connectivity index (χ1) is 16.8. The minimum atomic E-state index is -0.0850. The summed E-state index contributed by atoms with van der Waals surface area (Å²) in [4.78, 5) is 37.8. The number of carbonyl (C=O) groups excluding carboxylic acids is 3. The first-order valence-electron chi connectivity index (χ1n) is 13.5. The number of hydrogen-bond donors (Lipinski definition) is 0. The fourth-order valence-corrected chi connectivity index (χ4v) is 6.17. The molecule has 0 fully saturated rings. The summed E-state index contributed by atoms with van der Waals surface area (Å²) in [6.45, 7) is 7.77. The number of Topliss-reactive ketones (excluding diaryl/α,β-unsaturated/α-hetero) is 3. The van der Waals surface area contributed by atoms with Gasteiger partial charge in [-0.3, -0.25) is 14.4 Å². The maximum atomic E-state index is 13.3. The summed E-state index contributed by atoms with van der Waals surface area (Å²) in [5.74, 6) is 0.706. The highest BCUT2D eigenvalue weighted by Crippen LogP contribution is 2.37. The van der Waals surface area contributed by atoms with Crippen molar-refractivity contribution in [1.82, 2.24) is 0 Å². The van der Waals surface area contributed by atoms with E-state index in [4.69, 9.17) is 0 Å². The molecule has 0 radical (unpaired) electrons. The van der Waals surface area contributed by atoms with E-state index in [1.165, 1.54) is 23.6 Å². The minimum Gasteiger partial charge on any atom is -0.300 e. The topological polar surface area (TPSA) is 51.2 Å². The van der Waals surface area contributed by atoms with E-state index in [1.54, 1.807) is 0 Å². The van der Waals surface area contributed by atoms with Crippen LogP contribution in [0.15, 0.2) is 42.5 Å². The predicted molar refractivity (Wildman–Crippen MR) is 143 cm³/mol. The van der Waals surface area contributed by atoms with E-state index < -0.39 is 0 Å². The van der Waals surface area contributed by atoms with E-state index in [0.29, 0.717) is 6.42 Å². The zero-order valence-electron chi connectivity index (χ0n) is 22.1. The molecule has 0 saturated carbocycles. The van der Waals surface area contributed by atoms with Crippen LogP contribution in [0, 0.1) is 24.7 Å². The van der Waals surface area contributed by atoms with E-state index in [2.05, 4.69) is 57.2 Å².